The second-order valence-electron chi connectivity index (χ2n) is 7.24. The molecule has 2 heterocycles. The highest BCUT2D eigenvalue weighted by Crippen LogP contribution is 2.54. The Hall–Kier alpha value is -2.22. The molecule has 2 aliphatic rings. The number of rotatable bonds is 6. The number of fused-ring (bicyclic) bond motifs is 1. The molecule has 1 saturated carbocycles. The number of nitrogens with two attached hydrogens (primary N) is 1. The summed E-state index contributed by atoms with van der Waals surface area (Å²) in [6.07, 6.45) is 1.82. The van der Waals surface area contributed by atoms with Crippen molar-refractivity contribution in [2.24, 2.45) is 16.6 Å². The van der Waals surface area contributed by atoms with E-state index in [1.807, 2.05) is 0 Å². The minimum atomic E-state index is -1.21. The largest absolute Gasteiger partial charge is 0.462 e. The molecular formula is C20H18Cl2FN3O3. The van der Waals surface area contributed by atoms with E-state index in [-0.39, 0.29) is 42.5 Å². The van der Waals surface area contributed by atoms with E-state index in [0.717, 1.165) is 0 Å². The first-order valence-corrected chi connectivity index (χ1v) is 9.79. The fourth-order valence-corrected chi connectivity index (χ4v) is 4.32. The fourth-order valence-electron chi connectivity index (χ4n) is 3.86. The molecule has 3 N–H and O–H groups in total. The number of aliphatic hydroxyl groups is 1. The van der Waals surface area contributed by atoms with Crippen molar-refractivity contribution >= 4 is 35.0 Å². The maximum absolute atomic E-state index is 14.3. The van der Waals surface area contributed by atoms with E-state index in [1.165, 1.54) is 12.3 Å². The van der Waals surface area contributed by atoms with Gasteiger partial charge in [-0.25, -0.2) is 9.38 Å². The molecule has 1 fully saturated rings. The molecule has 0 spiro atoms. The van der Waals surface area contributed by atoms with Gasteiger partial charge in [-0.15, -0.1) is 0 Å². The third-order valence-electron chi connectivity index (χ3n) is 5.36. The lowest BCUT2D eigenvalue weighted by Crippen LogP contribution is -2.39. The zero-order valence-electron chi connectivity index (χ0n) is 15.2. The Balaban J connectivity index is 1.68. The summed E-state index contributed by atoms with van der Waals surface area (Å²) < 4.78 is 19.6. The van der Waals surface area contributed by atoms with E-state index in [4.69, 9.17) is 33.7 Å². The predicted molar refractivity (Wildman–Crippen MR) is 107 cm³/mol. The van der Waals surface area contributed by atoms with Crippen molar-refractivity contribution in [2.75, 3.05) is 6.67 Å². The van der Waals surface area contributed by atoms with Crippen molar-refractivity contribution in [3.8, 4) is 0 Å². The SMILES string of the molecule is NC1=N[C@](CF)(c2cc(CC(=O)c3ncc(Cl)cc3CO)ccc2Cl)[C@H]2C[C@H]2O1. The summed E-state index contributed by atoms with van der Waals surface area (Å²) >= 11 is 12.3. The van der Waals surface area contributed by atoms with Gasteiger partial charge in [-0.1, -0.05) is 35.3 Å². The first-order chi connectivity index (χ1) is 13.9. The number of hydrogen-bond donors (Lipinski definition) is 2. The molecule has 0 saturated heterocycles. The number of amidine groups is 1. The molecule has 1 aromatic carbocycles. The maximum atomic E-state index is 14.3. The van der Waals surface area contributed by atoms with E-state index in [2.05, 4.69) is 9.98 Å². The van der Waals surface area contributed by atoms with Gasteiger partial charge in [-0.3, -0.25) is 9.78 Å². The Kier molecular flexibility index (Phi) is 5.23. The van der Waals surface area contributed by atoms with Gasteiger partial charge in [0.25, 0.3) is 6.02 Å². The molecule has 2 aromatic rings. The van der Waals surface area contributed by atoms with E-state index in [9.17, 15) is 14.3 Å². The summed E-state index contributed by atoms with van der Waals surface area (Å²) in [5.41, 5.74) is 6.14. The van der Waals surface area contributed by atoms with Crippen LogP contribution in [0.5, 0.6) is 0 Å². The number of alkyl halides is 1. The van der Waals surface area contributed by atoms with Crippen LogP contribution in [-0.4, -0.2) is 34.7 Å². The highest BCUT2D eigenvalue weighted by atomic mass is 35.5. The standard InChI is InChI=1S/C20H18Cl2FN3O3/c21-12-5-11(8-27)18(25-7-12)16(28)4-10-1-2-15(22)13(3-10)20(9-23)14-6-17(14)29-19(24)26-20/h1-3,5,7,14,17,27H,4,6,8-9H2,(H2,24,26)/t14-,17+,20+/m0/s1. The van der Waals surface area contributed by atoms with Crippen LogP contribution in [0.4, 0.5) is 4.39 Å². The average molecular weight is 438 g/mol. The first kappa shape index (κ1) is 20.1. The van der Waals surface area contributed by atoms with Gasteiger partial charge in [0.1, 0.15) is 24.0 Å². The molecule has 0 amide bonds. The van der Waals surface area contributed by atoms with Crippen molar-refractivity contribution < 1.29 is 19.0 Å². The molecule has 1 aliphatic heterocycles. The van der Waals surface area contributed by atoms with Crippen LogP contribution in [-0.2, 0) is 23.3 Å². The number of hydrogen-bond acceptors (Lipinski definition) is 6. The number of carbonyl (C=O) groups is 1. The predicted octanol–water partition coefficient (Wildman–Crippen LogP) is 3.20. The number of aliphatic hydroxyl groups excluding tert-OH is 1. The Morgan fingerprint density at radius 1 is 1.38 bits per heavy atom. The maximum Gasteiger partial charge on any atom is 0.283 e. The van der Waals surface area contributed by atoms with Gasteiger partial charge in [0.2, 0.25) is 0 Å². The molecule has 1 aliphatic carbocycles. The number of ketones is 1. The number of ether oxygens (including phenoxy) is 1. The highest BCUT2D eigenvalue weighted by Gasteiger charge is 2.59. The molecule has 6 nitrogen and oxygen atoms in total. The number of Topliss-reactive ketones (excluding diaryl/α,β-unsaturated/α-hetero) is 1. The molecule has 0 radical (unpaired) electrons. The second kappa shape index (κ2) is 7.55. The van der Waals surface area contributed by atoms with Crippen molar-refractivity contribution in [1.82, 2.24) is 4.98 Å². The van der Waals surface area contributed by atoms with Crippen LogP contribution < -0.4 is 5.73 Å². The van der Waals surface area contributed by atoms with Gasteiger partial charge in [-0.05, 0) is 24.1 Å². The van der Waals surface area contributed by atoms with Crippen LogP contribution in [0.1, 0.15) is 33.6 Å². The lowest BCUT2D eigenvalue weighted by Gasteiger charge is -2.32. The zero-order chi connectivity index (χ0) is 20.8. The van der Waals surface area contributed by atoms with Crippen molar-refractivity contribution in [3.05, 3.63) is 62.9 Å². The minimum Gasteiger partial charge on any atom is -0.462 e. The zero-order valence-corrected chi connectivity index (χ0v) is 16.8. The molecular weight excluding hydrogens is 420 g/mol. The van der Waals surface area contributed by atoms with E-state index in [0.29, 0.717) is 33.2 Å². The molecule has 4 rings (SSSR count). The van der Waals surface area contributed by atoms with Crippen LogP contribution in [0.25, 0.3) is 0 Å². The molecule has 0 unspecified atom stereocenters. The summed E-state index contributed by atoms with van der Waals surface area (Å²) in [7, 11) is 0. The smallest absolute Gasteiger partial charge is 0.283 e. The topological polar surface area (TPSA) is 97.8 Å². The molecule has 0 bridgehead atoms. The summed E-state index contributed by atoms with van der Waals surface area (Å²) in [6, 6.07) is 6.45. The van der Waals surface area contributed by atoms with Crippen molar-refractivity contribution in [2.45, 2.75) is 31.1 Å². The lowest BCUT2D eigenvalue weighted by molar-refractivity contribution is 0.0984. The van der Waals surface area contributed by atoms with E-state index >= 15 is 0 Å². The minimum absolute atomic E-state index is 0.00203. The van der Waals surface area contributed by atoms with Gasteiger partial charge in [-0.2, -0.15) is 0 Å². The Labute approximate surface area is 176 Å². The van der Waals surface area contributed by atoms with Gasteiger partial charge in [0.15, 0.2) is 5.78 Å². The molecule has 1 aromatic heterocycles. The molecule has 29 heavy (non-hydrogen) atoms. The van der Waals surface area contributed by atoms with Crippen LogP contribution in [0, 0.1) is 5.92 Å². The molecule has 9 heteroatoms. The fraction of sp³-hybridized carbons (Fsp3) is 0.350. The van der Waals surface area contributed by atoms with Gasteiger partial charge in [0, 0.05) is 34.7 Å². The number of halogens is 3. The Bertz CT molecular complexity index is 1020. The van der Waals surface area contributed by atoms with Gasteiger partial charge in [0.05, 0.1) is 11.6 Å². The summed E-state index contributed by atoms with van der Waals surface area (Å²) in [4.78, 5) is 21.1. The number of carbonyl (C=O) groups excluding carboxylic acids is 1. The average Bonchev–Trinajstić information content (AvgIpc) is 3.48. The number of aliphatic imine (C=N–C) groups is 1. The summed E-state index contributed by atoms with van der Waals surface area (Å²) in [5, 5.41) is 10.2. The Morgan fingerprint density at radius 2 is 2.17 bits per heavy atom. The third kappa shape index (κ3) is 3.58. The number of pyridine rings is 1. The normalized spacial score (nSPS) is 25.0. The monoisotopic (exact) mass is 437 g/mol. The first-order valence-electron chi connectivity index (χ1n) is 9.03. The van der Waals surface area contributed by atoms with E-state index < -0.39 is 12.2 Å². The van der Waals surface area contributed by atoms with Crippen molar-refractivity contribution in [3.63, 3.8) is 0 Å². The van der Waals surface area contributed by atoms with Gasteiger partial charge >= 0.3 is 0 Å². The van der Waals surface area contributed by atoms with Crippen LogP contribution in [0.15, 0.2) is 35.5 Å². The lowest BCUT2D eigenvalue weighted by atomic mass is 9.84. The quantitative estimate of drug-likeness (QED) is 0.676. The van der Waals surface area contributed by atoms with Crippen LogP contribution >= 0.6 is 23.2 Å². The number of aromatic nitrogens is 1. The Morgan fingerprint density at radius 3 is 2.90 bits per heavy atom. The van der Waals surface area contributed by atoms with Gasteiger partial charge < -0.3 is 15.6 Å². The molecule has 3 atom stereocenters. The van der Waals surface area contributed by atoms with E-state index in [1.54, 1.807) is 18.2 Å². The summed E-state index contributed by atoms with van der Waals surface area (Å²) in [5.74, 6) is -0.449. The highest BCUT2D eigenvalue weighted by molar-refractivity contribution is 6.31. The summed E-state index contributed by atoms with van der Waals surface area (Å²) in [6.45, 7) is -1.13. The van der Waals surface area contributed by atoms with Crippen LogP contribution in [0.2, 0.25) is 10.0 Å². The second-order valence-corrected chi connectivity index (χ2v) is 8.08. The van der Waals surface area contributed by atoms with Crippen LogP contribution in [0.3, 0.4) is 0 Å². The molecule has 152 valence electrons. The van der Waals surface area contributed by atoms with Crippen molar-refractivity contribution in [1.29, 1.82) is 0 Å². The number of benzene rings is 1. The number of nitrogens with zero attached hydrogens (tertiary/aromatic N) is 2. The third-order valence-corrected chi connectivity index (χ3v) is 5.90.